The first-order chi connectivity index (χ1) is 8.96. The predicted molar refractivity (Wildman–Crippen MR) is 76.0 cm³/mol. The number of nitrogens with one attached hydrogen (secondary N) is 1. The Labute approximate surface area is 116 Å². The van der Waals surface area contributed by atoms with Gasteiger partial charge in [0, 0.05) is 31.7 Å². The Hall–Kier alpha value is -0.610. The lowest BCUT2D eigenvalue weighted by Crippen LogP contribution is -2.63. The average molecular weight is 268 g/mol. The van der Waals surface area contributed by atoms with Crippen LogP contribution in [0.25, 0.3) is 0 Å². The van der Waals surface area contributed by atoms with Crippen molar-refractivity contribution in [3.05, 3.63) is 0 Å². The second kappa shape index (κ2) is 5.80. The van der Waals surface area contributed by atoms with Crippen LogP contribution in [-0.4, -0.2) is 49.2 Å². The molecule has 0 bridgehead atoms. The number of likely N-dealkylation sites (tertiary alicyclic amines) is 1. The fourth-order valence-electron chi connectivity index (χ4n) is 3.04. The largest absolute Gasteiger partial charge is 0.378 e. The van der Waals surface area contributed by atoms with Crippen LogP contribution in [0.4, 0.5) is 0 Å². The summed E-state index contributed by atoms with van der Waals surface area (Å²) in [4.78, 5) is 13.7. The van der Waals surface area contributed by atoms with Gasteiger partial charge in [-0.15, -0.1) is 0 Å². The molecule has 0 aromatic heterocycles. The highest BCUT2D eigenvalue weighted by Gasteiger charge is 2.50. The van der Waals surface area contributed by atoms with E-state index in [1.165, 1.54) is 6.42 Å². The van der Waals surface area contributed by atoms with Crippen molar-refractivity contribution in [3.8, 4) is 0 Å². The maximum Gasteiger partial charge on any atom is 0.239 e. The molecule has 1 saturated heterocycles. The van der Waals surface area contributed by atoms with Gasteiger partial charge in [0.2, 0.25) is 5.91 Å². The van der Waals surface area contributed by atoms with E-state index in [-0.39, 0.29) is 17.4 Å². The van der Waals surface area contributed by atoms with E-state index >= 15 is 0 Å². The number of nitrogens with zero attached hydrogens (tertiary/aromatic N) is 1. The SMILES string of the molecule is CCCCOC1CC(NC2CCN(C)C2=O)C1(C)C. The molecule has 3 atom stereocenters. The molecule has 4 nitrogen and oxygen atoms in total. The molecule has 0 aromatic rings. The molecule has 19 heavy (non-hydrogen) atoms. The Balaban J connectivity index is 1.79. The van der Waals surface area contributed by atoms with Crippen LogP contribution in [0.1, 0.15) is 46.5 Å². The maximum absolute atomic E-state index is 11.9. The Bertz CT molecular complexity index is 330. The van der Waals surface area contributed by atoms with E-state index in [2.05, 4.69) is 26.1 Å². The molecule has 3 unspecified atom stereocenters. The van der Waals surface area contributed by atoms with Crippen LogP contribution in [0.2, 0.25) is 0 Å². The standard InChI is InChI=1S/C15H28N2O2/c1-5-6-9-19-13-10-12(15(13,2)3)16-11-7-8-17(4)14(11)18/h11-13,16H,5-10H2,1-4H3. The topological polar surface area (TPSA) is 41.6 Å². The van der Waals surface area contributed by atoms with E-state index in [0.717, 1.165) is 32.4 Å². The molecule has 2 fully saturated rings. The van der Waals surface area contributed by atoms with Gasteiger partial charge in [0.05, 0.1) is 12.1 Å². The number of amides is 1. The van der Waals surface area contributed by atoms with Crippen LogP contribution in [-0.2, 0) is 9.53 Å². The van der Waals surface area contributed by atoms with Gasteiger partial charge in [-0.3, -0.25) is 4.79 Å². The first-order valence-electron chi connectivity index (χ1n) is 7.59. The summed E-state index contributed by atoms with van der Waals surface area (Å²) >= 11 is 0. The molecule has 1 aliphatic heterocycles. The zero-order chi connectivity index (χ0) is 14.0. The van der Waals surface area contributed by atoms with Crippen LogP contribution in [0.15, 0.2) is 0 Å². The van der Waals surface area contributed by atoms with Crippen LogP contribution < -0.4 is 5.32 Å². The lowest BCUT2D eigenvalue weighted by atomic mass is 9.64. The van der Waals surface area contributed by atoms with Crippen molar-refractivity contribution in [2.75, 3.05) is 20.2 Å². The van der Waals surface area contributed by atoms with E-state index < -0.39 is 0 Å². The fourth-order valence-corrected chi connectivity index (χ4v) is 3.04. The van der Waals surface area contributed by atoms with E-state index in [0.29, 0.717) is 12.1 Å². The van der Waals surface area contributed by atoms with Gasteiger partial charge in [-0.2, -0.15) is 0 Å². The van der Waals surface area contributed by atoms with E-state index in [9.17, 15) is 4.79 Å². The quantitative estimate of drug-likeness (QED) is 0.747. The second-order valence-electron chi connectivity index (χ2n) is 6.59. The number of likely N-dealkylation sites (N-methyl/N-ethyl adjacent to an activating group) is 1. The summed E-state index contributed by atoms with van der Waals surface area (Å²) in [6, 6.07) is 0.422. The zero-order valence-corrected chi connectivity index (χ0v) is 12.7. The fraction of sp³-hybridized carbons (Fsp3) is 0.933. The molecule has 1 amide bonds. The van der Waals surface area contributed by atoms with Crippen molar-refractivity contribution in [2.24, 2.45) is 5.41 Å². The number of carbonyl (C=O) groups is 1. The summed E-state index contributed by atoms with van der Waals surface area (Å²) in [6.45, 7) is 8.41. The molecule has 1 heterocycles. The minimum atomic E-state index is 0.0193. The van der Waals surface area contributed by atoms with Crippen LogP contribution in [0, 0.1) is 5.41 Å². The third kappa shape index (κ3) is 2.95. The molecule has 0 radical (unpaired) electrons. The number of rotatable bonds is 6. The van der Waals surface area contributed by atoms with Gasteiger partial charge in [-0.05, 0) is 19.3 Å². The molecule has 0 spiro atoms. The summed E-state index contributed by atoms with van der Waals surface area (Å²) in [5, 5.41) is 3.53. The van der Waals surface area contributed by atoms with Gasteiger partial charge in [-0.1, -0.05) is 27.2 Å². The van der Waals surface area contributed by atoms with Crippen LogP contribution in [0.5, 0.6) is 0 Å². The van der Waals surface area contributed by atoms with Gasteiger partial charge >= 0.3 is 0 Å². The Morgan fingerprint density at radius 1 is 1.47 bits per heavy atom. The summed E-state index contributed by atoms with van der Waals surface area (Å²) in [5.74, 6) is 0.242. The molecule has 1 aliphatic carbocycles. The second-order valence-corrected chi connectivity index (χ2v) is 6.59. The van der Waals surface area contributed by atoms with Crippen LogP contribution in [0.3, 0.4) is 0 Å². The van der Waals surface area contributed by atoms with Gasteiger partial charge in [-0.25, -0.2) is 0 Å². The molecule has 2 rings (SSSR count). The van der Waals surface area contributed by atoms with Crippen molar-refractivity contribution >= 4 is 5.91 Å². The van der Waals surface area contributed by atoms with E-state index in [1.54, 1.807) is 0 Å². The predicted octanol–water partition coefficient (Wildman–Crippen LogP) is 1.79. The minimum absolute atomic E-state index is 0.0193. The molecule has 0 aromatic carbocycles. The molecule has 2 aliphatic rings. The van der Waals surface area contributed by atoms with Crippen molar-refractivity contribution in [3.63, 3.8) is 0 Å². The molecular formula is C15H28N2O2. The molecule has 4 heteroatoms. The highest BCUT2D eigenvalue weighted by atomic mass is 16.5. The normalized spacial score (nSPS) is 33.6. The minimum Gasteiger partial charge on any atom is -0.378 e. The maximum atomic E-state index is 11.9. The van der Waals surface area contributed by atoms with Gasteiger partial charge in [0.25, 0.3) is 0 Å². The molecular weight excluding hydrogens is 240 g/mol. The third-order valence-corrected chi connectivity index (χ3v) is 4.82. The molecule has 1 N–H and O–H groups in total. The van der Waals surface area contributed by atoms with Crippen molar-refractivity contribution in [1.82, 2.24) is 10.2 Å². The third-order valence-electron chi connectivity index (χ3n) is 4.82. The number of ether oxygens (including phenoxy) is 1. The molecule has 1 saturated carbocycles. The van der Waals surface area contributed by atoms with Crippen LogP contribution >= 0.6 is 0 Å². The summed E-state index contributed by atoms with van der Waals surface area (Å²) in [7, 11) is 1.88. The first kappa shape index (κ1) is 14.8. The lowest BCUT2D eigenvalue weighted by Gasteiger charge is -2.52. The summed E-state index contributed by atoms with van der Waals surface area (Å²) in [6.07, 6.45) is 4.62. The number of hydrogen-bond donors (Lipinski definition) is 1. The Morgan fingerprint density at radius 3 is 2.74 bits per heavy atom. The number of unbranched alkanes of at least 4 members (excludes halogenated alkanes) is 1. The number of carbonyl (C=O) groups excluding carboxylic acids is 1. The monoisotopic (exact) mass is 268 g/mol. The smallest absolute Gasteiger partial charge is 0.239 e. The first-order valence-corrected chi connectivity index (χ1v) is 7.59. The number of hydrogen-bond acceptors (Lipinski definition) is 3. The summed E-state index contributed by atoms with van der Waals surface area (Å²) in [5.41, 5.74) is 0.134. The Morgan fingerprint density at radius 2 is 2.21 bits per heavy atom. The average Bonchev–Trinajstić information content (AvgIpc) is 2.68. The zero-order valence-electron chi connectivity index (χ0n) is 12.7. The van der Waals surface area contributed by atoms with E-state index in [4.69, 9.17) is 4.74 Å². The van der Waals surface area contributed by atoms with Crippen molar-refractivity contribution in [2.45, 2.75) is 64.6 Å². The van der Waals surface area contributed by atoms with Crippen molar-refractivity contribution < 1.29 is 9.53 Å². The van der Waals surface area contributed by atoms with Gasteiger partial charge in [0.15, 0.2) is 0 Å². The Kier molecular flexibility index (Phi) is 4.51. The van der Waals surface area contributed by atoms with Crippen molar-refractivity contribution in [1.29, 1.82) is 0 Å². The highest BCUT2D eigenvalue weighted by Crippen LogP contribution is 2.43. The van der Waals surface area contributed by atoms with E-state index in [1.807, 2.05) is 11.9 Å². The van der Waals surface area contributed by atoms with Gasteiger partial charge < -0.3 is 15.0 Å². The highest BCUT2D eigenvalue weighted by molar-refractivity contribution is 5.83. The van der Waals surface area contributed by atoms with Gasteiger partial charge in [0.1, 0.15) is 0 Å². The lowest BCUT2D eigenvalue weighted by molar-refractivity contribution is -0.134. The molecule has 110 valence electrons. The summed E-state index contributed by atoms with van der Waals surface area (Å²) < 4.78 is 5.94.